The van der Waals surface area contributed by atoms with Gasteiger partial charge >= 0.3 is 0 Å². The fourth-order valence-corrected chi connectivity index (χ4v) is 4.46. The quantitative estimate of drug-likeness (QED) is 0.290. The maximum atomic E-state index is 14.0. The van der Waals surface area contributed by atoms with Crippen LogP contribution in [0.3, 0.4) is 0 Å². The van der Waals surface area contributed by atoms with E-state index in [4.69, 9.17) is 10.5 Å². The van der Waals surface area contributed by atoms with Crippen LogP contribution in [0.4, 0.5) is 8.78 Å². The first-order chi connectivity index (χ1) is 16.3. The molecule has 0 amide bonds. The molecule has 1 unspecified atom stereocenters. The predicted molar refractivity (Wildman–Crippen MR) is 130 cm³/mol. The fourth-order valence-electron chi connectivity index (χ4n) is 4.04. The van der Waals surface area contributed by atoms with Crippen molar-refractivity contribution in [2.24, 2.45) is 5.73 Å². The van der Waals surface area contributed by atoms with E-state index >= 15 is 0 Å². The normalized spacial score (nSPS) is 12.2. The molecule has 4 rings (SSSR count). The van der Waals surface area contributed by atoms with Crippen LogP contribution >= 0.6 is 15.9 Å². The maximum absolute atomic E-state index is 14.0. The van der Waals surface area contributed by atoms with Gasteiger partial charge in [-0.3, -0.25) is 9.20 Å². The molecule has 1 atom stereocenters. The van der Waals surface area contributed by atoms with Crippen LogP contribution in [0.5, 0.6) is 5.75 Å². The average Bonchev–Trinajstić information content (AvgIpc) is 3.12. The van der Waals surface area contributed by atoms with Gasteiger partial charge in [-0.1, -0.05) is 34.1 Å². The van der Waals surface area contributed by atoms with Crippen molar-refractivity contribution in [2.75, 3.05) is 6.54 Å². The number of nitrogens with zero attached hydrogens (tertiary/aromatic N) is 2. The number of rotatable bonds is 8. The van der Waals surface area contributed by atoms with E-state index in [-0.39, 0.29) is 30.3 Å². The number of hydrogen-bond donors (Lipinski definition) is 1. The van der Waals surface area contributed by atoms with Gasteiger partial charge in [-0.15, -0.1) is 0 Å². The average molecular weight is 528 g/mol. The van der Waals surface area contributed by atoms with Gasteiger partial charge in [0.2, 0.25) is 0 Å². The van der Waals surface area contributed by atoms with Crippen LogP contribution in [0.25, 0.3) is 5.65 Å². The van der Waals surface area contributed by atoms with Gasteiger partial charge in [-0.25, -0.2) is 13.8 Å². The zero-order valence-electron chi connectivity index (χ0n) is 18.8. The summed E-state index contributed by atoms with van der Waals surface area (Å²) in [4.78, 5) is 17.9. The van der Waals surface area contributed by atoms with Gasteiger partial charge in [0.05, 0.1) is 11.3 Å². The zero-order chi connectivity index (χ0) is 24.4. The third-order valence-corrected chi connectivity index (χ3v) is 6.22. The Labute approximate surface area is 204 Å². The van der Waals surface area contributed by atoms with E-state index in [2.05, 4.69) is 20.9 Å². The van der Waals surface area contributed by atoms with Crippen LogP contribution in [0, 0.1) is 25.5 Å². The smallest absolute Gasteiger partial charge is 0.182 e. The molecule has 0 aliphatic heterocycles. The number of imidazole rings is 1. The summed E-state index contributed by atoms with van der Waals surface area (Å²) in [7, 11) is 0. The minimum atomic E-state index is -0.681. The summed E-state index contributed by atoms with van der Waals surface area (Å²) in [5, 5.41) is 0. The summed E-state index contributed by atoms with van der Waals surface area (Å²) in [6, 6.07) is 13.2. The summed E-state index contributed by atoms with van der Waals surface area (Å²) in [6.45, 7) is 3.63. The number of benzene rings is 2. The van der Waals surface area contributed by atoms with Crippen LogP contribution in [0.2, 0.25) is 0 Å². The van der Waals surface area contributed by atoms with Gasteiger partial charge in [-0.2, -0.15) is 0 Å². The molecule has 176 valence electrons. The molecule has 5 nitrogen and oxygen atoms in total. The SMILES string of the molecule is Cc1cc(OCc2c(F)cccc2F)c2nc(C)c(C(=O)CC(CN)c3cccc(Br)c3)n2c1. The number of ketones is 1. The Balaban J connectivity index is 1.66. The second-order valence-corrected chi connectivity index (χ2v) is 9.14. The number of fused-ring (bicyclic) bond motifs is 1. The molecule has 2 heterocycles. The number of pyridine rings is 1. The molecule has 2 aromatic carbocycles. The summed E-state index contributed by atoms with van der Waals surface area (Å²) in [6.07, 6.45) is 2.02. The van der Waals surface area contributed by atoms with E-state index in [0.29, 0.717) is 29.3 Å². The van der Waals surface area contributed by atoms with Crippen LogP contribution in [0.15, 0.2) is 59.2 Å². The first-order valence-electron chi connectivity index (χ1n) is 10.8. The first kappa shape index (κ1) is 24.0. The summed E-state index contributed by atoms with van der Waals surface area (Å²) in [5.74, 6) is -1.28. The Bertz CT molecular complexity index is 1350. The molecule has 0 aliphatic carbocycles. The number of halogens is 3. The fraction of sp³-hybridized carbons (Fsp3) is 0.231. The summed E-state index contributed by atoms with van der Waals surface area (Å²) < 4.78 is 36.5. The highest BCUT2D eigenvalue weighted by atomic mass is 79.9. The van der Waals surface area contributed by atoms with Crippen molar-refractivity contribution < 1.29 is 18.3 Å². The van der Waals surface area contributed by atoms with E-state index in [1.165, 1.54) is 18.2 Å². The van der Waals surface area contributed by atoms with Gasteiger partial charge in [-0.05, 0) is 61.9 Å². The highest BCUT2D eigenvalue weighted by Gasteiger charge is 2.23. The molecule has 8 heteroatoms. The van der Waals surface area contributed by atoms with E-state index < -0.39 is 11.6 Å². The van der Waals surface area contributed by atoms with Crippen molar-refractivity contribution in [3.8, 4) is 5.75 Å². The van der Waals surface area contributed by atoms with Crippen molar-refractivity contribution in [2.45, 2.75) is 32.8 Å². The molecule has 4 aromatic rings. The number of carbonyl (C=O) groups excluding carboxylic acids is 1. The Morgan fingerprint density at radius 3 is 2.53 bits per heavy atom. The molecular weight excluding hydrogens is 504 g/mol. The van der Waals surface area contributed by atoms with Crippen molar-refractivity contribution in [1.29, 1.82) is 0 Å². The topological polar surface area (TPSA) is 69.6 Å². The molecule has 0 spiro atoms. The van der Waals surface area contributed by atoms with Crippen molar-refractivity contribution in [3.05, 3.63) is 98.9 Å². The highest BCUT2D eigenvalue weighted by molar-refractivity contribution is 9.10. The monoisotopic (exact) mass is 527 g/mol. The van der Waals surface area contributed by atoms with E-state index in [1.54, 1.807) is 23.6 Å². The third-order valence-electron chi connectivity index (χ3n) is 5.73. The van der Waals surface area contributed by atoms with Gasteiger partial charge < -0.3 is 10.5 Å². The van der Waals surface area contributed by atoms with Crippen LogP contribution in [-0.4, -0.2) is 21.7 Å². The van der Waals surface area contributed by atoms with E-state index in [9.17, 15) is 13.6 Å². The number of carbonyl (C=O) groups is 1. The number of hydrogen-bond acceptors (Lipinski definition) is 4. The molecule has 0 bridgehead atoms. The van der Waals surface area contributed by atoms with Gasteiger partial charge in [0.15, 0.2) is 17.2 Å². The largest absolute Gasteiger partial charge is 0.485 e. The molecule has 0 saturated heterocycles. The van der Waals surface area contributed by atoms with Gasteiger partial charge in [0.1, 0.15) is 23.9 Å². The maximum Gasteiger partial charge on any atom is 0.182 e. The molecule has 2 N–H and O–H groups in total. The van der Waals surface area contributed by atoms with Crippen molar-refractivity contribution in [1.82, 2.24) is 9.38 Å². The second-order valence-electron chi connectivity index (χ2n) is 8.22. The van der Waals surface area contributed by atoms with Crippen molar-refractivity contribution in [3.63, 3.8) is 0 Å². The Morgan fingerprint density at radius 2 is 1.85 bits per heavy atom. The van der Waals surface area contributed by atoms with E-state index in [0.717, 1.165) is 15.6 Å². The molecule has 34 heavy (non-hydrogen) atoms. The zero-order valence-corrected chi connectivity index (χ0v) is 20.4. The molecule has 2 aromatic heterocycles. The first-order valence-corrected chi connectivity index (χ1v) is 11.6. The number of ether oxygens (including phenoxy) is 1. The van der Waals surface area contributed by atoms with Gasteiger partial charge in [0, 0.05) is 23.0 Å². The lowest BCUT2D eigenvalue weighted by Gasteiger charge is -2.15. The minimum absolute atomic E-state index is 0.0999. The summed E-state index contributed by atoms with van der Waals surface area (Å²) >= 11 is 3.46. The number of nitrogens with two attached hydrogens (primary N) is 1. The second kappa shape index (κ2) is 10.0. The molecule has 0 radical (unpaired) electrons. The molecule has 0 saturated carbocycles. The third kappa shape index (κ3) is 4.88. The highest BCUT2D eigenvalue weighted by Crippen LogP contribution is 2.29. The number of aromatic nitrogens is 2. The lowest BCUT2D eigenvalue weighted by Crippen LogP contribution is -2.18. The lowest BCUT2D eigenvalue weighted by atomic mass is 9.92. The van der Waals surface area contributed by atoms with Crippen LogP contribution in [0.1, 0.15) is 45.2 Å². The Hall–Kier alpha value is -3.10. The minimum Gasteiger partial charge on any atom is -0.485 e. The molecule has 0 aliphatic rings. The Morgan fingerprint density at radius 1 is 1.15 bits per heavy atom. The number of aryl methyl sites for hydroxylation is 2. The van der Waals surface area contributed by atoms with Gasteiger partial charge in [0.25, 0.3) is 0 Å². The molecular formula is C26H24BrF2N3O2. The number of Topliss-reactive ketones (excluding diaryl/α,β-unsaturated/α-hetero) is 1. The summed E-state index contributed by atoms with van der Waals surface area (Å²) in [5.41, 5.74) is 9.02. The van der Waals surface area contributed by atoms with Crippen LogP contribution < -0.4 is 10.5 Å². The van der Waals surface area contributed by atoms with E-state index in [1.807, 2.05) is 31.2 Å². The van der Waals surface area contributed by atoms with Crippen LogP contribution in [-0.2, 0) is 6.61 Å². The lowest BCUT2D eigenvalue weighted by molar-refractivity contribution is 0.0968. The molecule has 0 fully saturated rings. The standard InChI is InChI=1S/C26H24BrF2N3O2/c1-15-9-24(34-14-20-21(28)7-4-8-22(20)29)26-31-16(2)25(32(26)13-15)23(33)11-18(12-30)17-5-3-6-19(27)10-17/h3-10,13,18H,11-12,14,30H2,1-2H3. The van der Waals surface area contributed by atoms with Crippen molar-refractivity contribution >= 4 is 27.4 Å². The Kier molecular flexibility index (Phi) is 7.09. The predicted octanol–water partition coefficient (Wildman–Crippen LogP) is 5.89.